The van der Waals surface area contributed by atoms with E-state index in [0.29, 0.717) is 5.82 Å². The summed E-state index contributed by atoms with van der Waals surface area (Å²) in [6.07, 6.45) is 2.78. The van der Waals surface area contributed by atoms with Crippen LogP contribution in [0.5, 0.6) is 0 Å². The van der Waals surface area contributed by atoms with Crippen molar-refractivity contribution in [2.45, 2.75) is 0 Å². The average Bonchev–Trinajstić information content (AvgIpc) is 2.29. The summed E-state index contributed by atoms with van der Waals surface area (Å²) in [5.74, 6) is -0.738. The fourth-order valence-electron chi connectivity index (χ4n) is 1.21. The molecule has 0 spiro atoms. The zero-order valence-electron chi connectivity index (χ0n) is 8.52. The molecule has 0 unspecified atom stereocenters. The summed E-state index contributed by atoms with van der Waals surface area (Å²) in [5.41, 5.74) is 0.194. The molecule has 0 aliphatic rings. The molecule has 0 aromatic carbocycles. The monoisotopic (exact) mass is 295 g/mol. The van der Waals surface area contributed by atoms with Gasteiger partial charge in [0.05, 0.1) is 0 Å². The van der Waals surface area contributed by atoms with Gasteiger partial charge in [0, 0.05) is 28.5 Å². The SMILES string of the molecule is O=C(Nc1cc(Br)ccn1)c1ccnc(F)c1. The average molecular weight is 296 g/mol. The number of amides is 1. The maximum absolute atomic E-state index is 12.8. The molecule has 4 nitrogen and oxygen atoms in total. The van der Waals surface area contributed by atoms with Crippen LogP contribution in [0.25, 0.3) is 0 Å². The van der Waals surface area contributed by atoms with Crippen molar-refractivity contribution >= 4 is 27.7 Å². The van der Waals surface area contributed by atoms with Gasteiger partial charge in [-0.2, -0.15) is 4.39 Å². The van der Waals surface area contributed by atoms with Crippen LogP contribution in [0.3, 0.4) is 0 Å². The van der Waals surface area contributed by atoms with E-state index in [1.165, 1.54) is 12.3 Å². The Balaban J connectivity index is 2.17. The fraction of sp³-hybridized carbons (Fsp3) is 0. The lowest BCUT2D eigenvalue weighted by molar-refractivity contribution is 0.102. The van der Waals surface area contributed by atoms with Crippen LogP contribution in [-0.2, 0) is 0 Å². The summed E-state index contributed by atoms with van der Waals surface area (Å²) in [5, 5.41) is 2.55. The third kappa shape index (κ3) is 3.07. The first-order chi connectivity index (χ1) is 8.15. The molecule has 2 rings (SSSR count). The Morgan fingerprint density at radius 3 is 2.71 bits per heavy atom. The van der Waals surface area contributed by atoms with Gasteiger partial charge in [-0.3, -0.25) is 4.79 Å². The Hall–Kier alpha value is -1.82. The van der Waals surface area contributed by atoms with Crippen LogP contribution < -0.4 is 5.32 Å². The molecular weight excluding hydrogens is 289 g/mol. The molecule has 86 valence electrons. The van der Waals surface area contributed by atoms with Crippen molar-refractivity contribution in [2.75, 3.05) is 5.32 Å². The van der Waals surface area contributed by atoms with Gasteiger partial charge in [0.2, 0.25) is 5.95 Å². The number of nitrogens with one attached hydrogen (secondary N) is 1. The van der Waals surface area contributed by atoms with E-state index in [-0.39, 0.29) is 5.56 Å². The summed E-state index contributed by atoms with van der Waals surface area (Å²) in [6, 6.07) is 5.88. The predicted molar refractivity (Wildman–Crippen MR) is 64.1 cm³/mol. The van der Waals surface area contributed by atoms with Gasteiger partial charge in [-0.1, -0.05) is 15.9 Å². The number of carbonyl (C=O) groups excluding carboxylic acids is 1. The summed E-state index contributed by atoms with van der Waals surface area (Å²) in [4.78, 5) is 19.0. The van der Waals surface area contributed by atoms with Crippen molar-refractivity contribution in [1.29, 1.82) is 0 Å². The molecule has 0 aliphatic heterocycles. The Morgan fingerprint density at radius 2 is 2.00 bits per heavy atom. The molecule has 0 aliphatic carbocycles. The number of hydrogen-bond acceptors (Lipinski definition) is 3. The van der Waals surface area contributed by atoms with E-state index in [1.807, 2.05) is 0 Å². The van der Waals surface area contributed by atoms with E-state index in [2.05, 4.69) is 31.2 Å². The molecule has 2 aromatic rings. The highest BCUT2D eigenvalue weighted by Gasteiger charge is 2.08. The van der Waals surface area contributed by atoms with Crippen molar-refractivity contribution in [3.63, 3.8) is 0 Å². The van der Waals surface area contributed by atoms with E-state index in [9.17, 15) is 9.18 Å². The second kappa shape index (κ2) is 5.01. The van der Waals surface area contributed by atoms with Crippen molar-refractivity contribution in [3.05, 3.63) is 52.6 Å². The zero-order valence-corrected chi connectivity index (χ0v) is 10.1. The second-order valence-electron chi connectivity index (χ2n) is 3.18. The molecule has 1 N–H and O–H groups in total. The summed E-state index contributed by atoms with van der Waals surface area (Å²) in [7, 11) is 0. The summed E-state index contributed by atoms with van der Waals surface area (Å²) < 4.78 is 13.6. The van der Waals surface area contributed by atoms with E-state index in [4.69, 9.17) is 0 Å². The molecular formula is C11H7BrFN3O. The highest BCUT2D eigenvalue weighted by molar-refractivity contribution is 9.10. The highest BCUT2D eigenvalue weighted by atomic mass is 79.9. The van der Waals surface area contributed by atoms with Crippen LogP contribution in [0.4, 0.5) is 10.2 Å². The summed E-state index contributed by atoms with van der Waals surface area (Å²) >= 11 is 3.26. The lowest BCUT2D eigenvalue weighted by Gasteiger charge is -2.04. The molecule has 0 saturated heterocycles. The van der Waals surface area contributed by atoms with Gasteiger partial charge in [0.15, 0.2) is 0 Å². The number of halogens is 2. The number of pyridine rings is 2. The normalized spacial score (nSPS) is 10.0. The maximum atomic E-state index is 12.8. The fourth-order valence-corrected chi connectivity index (χ4v) is 1.54. The number of carbonyl (C=O) groups is 1. The number of nitrogens with zero attached hydrogens (tertiary/aromatic N) is 2. The number of hydrogen-bond donors (Lipinski definition) is 1. The zero-order chi connectivity index (χ0) is 12.3. The molecule has 0 bridgehead atoms. The minimum atomic E-state index is -0.695. The second-order valence-corrected chi connectivity index (χ2v) is 4.10. The topological polar surface area (TPSA) is 54.9 Å². The van der Waals surface area contributed by atoms with Crippen molar-refractivity contribution in [2.24, 2.45) is 0 Å². The van der Waals surface area contributed by atoms with Crippen molar-refractivity contribution in [1.82, 2.24) is 9.97 Å². The molecule has 0 radical (unpaired) electrons. The molecule has 2 heterocycles. The van der Waals surface area contributed by atoms with Gasteiger partial charge >= 0.3 is 0 Å². The van der Waals surface area contributed by atoms with Gasteiger partial charge in [-0.15, -0.1) is 0 Å². The Labute approximate surface area is 105 Å². The van der Waals surface area contributed by atoms with Crippen LogP contribution in [0.15, 0.2) is 41.1 Å². The number of aromatic nitrogens is 2. The molecule has 0 atom stereocenters. The first kappa shape index (κ1) is 11.7. The highest BCUT2D eigenvalue weighted by Crippen LogP contribution is 2.13. The van der Waals surface area contributed by atoms with Gasteiger partial charge in [-0.05, 0) is 18.2 Å². The van der Waals surface area contributed by atoms with Crippen molar-refractivity contribution in [3.8, 4) is 0 Å². The van der Waals surface area contributed by atoms with E-state index in [0.717, 1.165) is 10.5 Å². The first-order valence-corrected chi connectivity index (χ1v) is 5.49. The largest absolute Gasteiger partial charge is 0.307 e. The van der Waals surface area contributed by atoms with E-state index < -0.39 is 11.9 Å². The Morgan fingerprint density at radius 1 is 1.24 bits per heavy atom. The quantitative estimate of drug-likeness (QED) is 0.867. The lowest BCUT2D eigenvalue weighted by Crippen LogP contribution is -2.13. The van der Waals surface area contributed by atoms with Crippen LogP contribution >= 0.6 is 15.9 Å². The minimum Gasteiger partial charge on any atom is -0.307 e. The third-order valence-corrected chi connectivity index (χ3v) is 2.45. The Kier molecular flexibility index (Phi) is 3.43. The molecule has 0 saturated carbocycles. The molecule has 2 aromatic heterocycles. The molecule has 1 amide bonds. The number of anilines is 1. The number of rotatable bonds is 2. The van der Waals surface area contributed by atoms with Crippen LogP contribution in [-0.4, -0.2) is 15.9 Å². The smallest absolute Gasteiger partial charge is 0.257 e. The van der Waals surface area contributed by atoms with Gasteiger partial charge in [0.1, 0.15) is 5.82 Å². The Bertz CT molecular complexity index is 562. The van der Waals surface area contributed by atoms with Gasteiger partial charge in [0.25, 0.3) is 5.91 Å². The van der Waals surface area contributed by atoms with Gasteiger partial charge < -0.3 is 5.32 Å². The standard InChI is InChI=1S/C11H7BrFN3O/c12-8-2-4-15-10(6-8)16-11(17)7-1-3-14-9(13)5-7/h1-6H,(H,15,16,17). The molecule has 0 fully saturated rings. The van der Waals surface area contributed by atoms with Crippen LogP contribution in [0, 0.1) is 5.95 Å². The third-order valence-electron chi connectivity index (χ3n) is 1.95. The minimum absolute atomic E-state index is 0.194. The molecule has 17 heavy (non-hydrogen) atoms. The van der Waals surface area contributed by atoms with E-state index >= 15 is 0 Å². The van der Waals surface area contributed by atoms with Crippen molar-refractivity contribution < 1.29 is 9.18 Å². The first-order valence-electron chi connectivity index (χ1n) is 4.69. The lowest BCUT2D eigenvalue weighted by atomic mass is 10.2. The van der Waals surface area contributed by atoms with E-state index in [1.54, 1.807) is 18.3 Å². The molecule has 6 heteroatoms. The predicted octanol–water partition coefficient (Wildman–Crippen LogP) is 2.63. The summed E-state index contributed by atoms with van der Waals surface area (Å²) in [6.45, 7) is 0. The maximum Gasteiger partial charge on any atom is 0.257 e. The van der Waals surface area contributed by atoms with Gasteiger partial charge in [-0.25, -0.2) is 9.97 Å². The van der Waals surface area contributed by atoms with Crippen LogP contribution in [0.1, 0.15) is 10.4 Å². The van der Waals surface area contributed by atoms with Crippen LogP contribution in [0.2, 0.25) is 0 Å².